The van der Waals surface area contributed by atoms with Gasteiger partial charge in [-0.05, 0) is 29.9 Å². The number of hydrogen-bond acceptors (Lipinski definition) is 3. The number of rotatable bonds is 4. The number of amides is 1. The Kier molecular flexibility index (Phi) is 3.19. The lowest BCUT2D eigenvalue weighted by Gasteiger charge is -2.09. The van der Waals surface area contributed by atoms with Crippen molar-refractivity contribution in [2.24, 2.45) is 5.92 Å². The van der Waals surface area contributed by atoms with Gasteiger partial charge in [0.15, 0.2) is 0 Å². The second kappa shape index (κ2) is 4.85. The molecule has 2 aliphatic rings. The maximum Gasteiger partial charge on any atom is 0.219 e. The van der Waals surface area contributed by atoms with Crippen LogP contribution in [0.5, 0.6) is 5.75 Å². The predicted octanol–water partition coefficient (Wildman–Crippen LogP) is 1.74. The first-order chi connectivity index (χ1) is 9.20. The Labute approximate surface area is 112 Å². The minimum absolute atomic E-state index is 0.104. The number of nitrogens with one attached hydrogen (secondary N) is 1. The largest absolute Gasteiger partial charge is 0.490 e. The number of carbonyl (C=O) groups excluding carboxylic acids is 1. The molecule has 0 radical (unpaired) electrons. The van der Waals surface area contributed by atoms with E-state index in [9.17, 15) is 9.90 Å². The molecule has 1 aliphatic carbocycles. The summed E-state index contributed by atoms with van der Waals surface area (Å²) >= 11 is 0. The average molecular weight is 261 g/mol. The lowest BCUT2D eigenvalue weighted by Crippen LogP contribution is -2.24. The second-order valence-electron chi connectivity index (χ2n) is 5.35. The van der Waals surface area contributed by atoms with Gasteiger partial charge in [-0.2, -0.15) is 0 Å². The maximum absolute atomic E-state index is 11.3. The third-order valence-corrected chi connectivity index (χ3v) is 4.03. The van der Waals surface area contributed by atoms with Crippen LogP contribution >= 0.6 is 0 Å². The number of benzene rings is 1. The number of ether oxygens (including phenoxy) is 1. The molecule has 1 saturated carbocycles. The van der Waals surface area contributed by atoms with Crippen LogP contribution in [0.15, 0.2) is 18.2 Å². The van der Waals surface area contributed by atoms with Crippen LogP contribution in [-0.4, -0.2) is 24.2 Å². The molecule has 1 aliphatic heterocycles. The van der Waals surface area contributed by atoms with Gasteiger partial charge in [0.25, 0.3) is 0 Å². The molecular weight excluding hydrogens is 242 g/mol. The first-order valence-electron chi connectivity index (χ1n) is 6.91. The van der Waals surface area contributed by atoms with Crippen molar-refractivity contribution >= 4 is 5.91 Å². The van der Waals surface area contributed by atoms with Crippen LogP contribution in [0.4, 0.5) is 0 Å². The molecule has 0 aromatic heterocycles. The van der Waals surface area contributed by atoms with Crippen LogP contribution in [0.1, 0.15) is 42.9 Å². The van der Waals surface area contributed by atoms with Crippen molar-refractivity contribution in [2.45, 2.75) is 31.8 Å². The molecule has 1 fully saturated rings. The van der Waals surface area contributed by atoms with Gasteiger partial charge in [-0.3, -0.25) is 4.79 Å². The third kappa shape index (κ3) is 2.32. The highest BCUT2D eigenvalue weighted by Crippen LogP contribution is 2.51. The molecule has 4 heteroatoms. The fraction of sp³-hybridized carbons (Fsp3) is 0.533. The van der Waals surface area contributed by atoms with E-state index in [0.717, 1.165) is 24.3 Å². The highest BCUT2D eigenvalue weighted by molar-refractivity contribution is 5.75. The van der Waals surface area contributed by atoms with E-state index in [1.54, 1.807) is 0 Å². The molecule has 2 unspecified atom stereocenters. The van der Waals surface area contributed by atoms with Crippen molar-refractivity contribution in [3.63, 3.8) is 0 Å². The SMILES string of the molecule is CCC(=O)NC[C@@H]1CC1c1cccc2c1C(O)CO2. The second-order valence-corrected chi connectivity index (χ2v) is 5.35. The van der Waals surface area contributed by atoms with E-state index in [0.29, 0.717) is 24.9 Å². The van der Waals surface area contributed by atoms with E-state index in [2.05, 4.69) is 11.4 Å². The van der Waals surface area contributed by atoms with Gasteiger partial charge < -0.3 is 15.2 Å². The van der Waals surface area contributed by atoms with Gasteiger partial charge in [0.2, 0.25) is 5.91 Å². The summed E-state index contributed by atoms with van der Waals surface area (Å²) in [6, 6.07) is 5.96. The Morgan fingerprint density at radius 2 is 2.37 bits per heavy atom. The van der Waals surface area contributed by atoms with Gasteiger partial charge in [0, 0.05) is 18.5 Å². The summed E-state index contributed by atoms with van der Waals surface area (Å²) < 4.78 is 5.46. The van der Waals surface area contributed by atoms with Gasteiger partial charge in [-0.15, -0.1) is 0 Å². The summed E-state index contributed by atoms with van der Waals surface area (Å²) in [5, 5.41) is 12.9. The fourth-order valence-corrected chi connectivity index (χ4v) is 2.84. The summed E-state index contributed by atoms with van der Waals surface area (Å²) in [5.74, 6) is 1.86. The minimum atomic E-state index is -0.502. The van der Waals surface area contributed by atoms with E-state index in [1.807, 2.05) is 19.1 Å². The van der Waals surface area contributed by atoms with Crippen molar-refractivity contribution in [3.8, 4) is 5.75 Å². The van der Waals surface area contributed by atoms with Gasteiger partial charge in [-0.25, -0.2) is 0 Å². The molecule has 1 aromatic carbocycles. The molecule has 102 valence electrons. The summed E-state index contributed by atoms with van der Waals surface area (Å²) in [6.07, 6.45) is 1.11. The molecule has 3 rings (SSSR count). The van der Waals surface area contributed by atoms with Gasteiger partial charge in [0.05, 0.1) is 0 Å². The number of aliphatic hydroxyl groups is 1. The number of fused-ring (bicyclic) bond motifs is 1. The van der Waals surface area contributed by atoms with Gasteiger partial charge in [-0.1, -0.05) is 19.1 Å². The molecule has 1 heterocycles. The lowest BCUT2D eigenvalue weighted by atomic mass is 9.98. The molecule has 0 spiro atoms. The Morgan fingerprint density at radius 3 is 3.16 bits per heavy atom. The predicted molar refractivity (Wildman–Crippen MR) is 71.0 cm³/mol. The number of hydrogen-bond donors (Lipinski definition) is 2. The Morgan fingerprint density at radius 1 is 1.53 bits per heavy atom. The van der Waals surface area contributed by atoms with Crippen molar-refractivity contribution in [1.29, 1.82) is 0 Å². The summed E-state index contributed by atoms with van der Waals surface area (Å²) in [4.78, 5) is 11.3. The molecule has 0 saturated heterocycles. The van der Waals surface area contributed by atoms with Crippen molar-refractivity contribution in [1.82, 2.24) is 5.32 Å². The third-order valence-electron chi connectivity index (χ3n) is 4.03. The monoisotopic (exact) mass is 261 g/mol. The highest BCUT2D eigenvalue weighted by Gasteiger charge is 2.41. The normalized spacial score (nSPS) is 27.6. The lowest BCUT2D eigenvalue weighted by molar-refractivity contribution is -0.120. The molecule has 2 N–H and O–H groups in total. The topological polar surface area (TPSA) is 58.6 Å². The van der Waals surface area contributed by atoms with E-state index in [4.69, 9.17) is 4.74 Å². The van der Waals surface area contributed by atoms with E-state index in [-0.39, 0.29) is 5.91 Å². The molecule has 0 bridgehead atoms. The molecule has 19 heavy (non-hydrogen) atoms. The van der Waals surface area contributed by atoms with Gasteiger partial charge >= 0.3 is 0 Å². The average Bonchev–Trinajstić information content (AvgIpc) is 3.12. The Hall–Kier alpha value is -1.55. The first-order valence-corrected chi connectivity index (χ1v) is 6.91. The Bertz CT molecular complexity index is 500. The van der Waals surface area contributed by atoms with Crippen LogP contribution in [0.2, 0.25) is 0 Å². The molecule has 4 nitrogen and oxygen atoms in total. The standard InChI is InChI=1S/C15H19NO3/c1-2-14(18)16-7-9-6-11(9)10-4-3-5-13-15(10)12(17)8-19-13/h3-5,9,11-12,17H,2,6-8H2,1H3,(H,16,18)/t9-,11?,12?/m0/s1. The van der Waals surface area contributed by atoms with E-state index >= 15 is 0 Å². The van der Waals surface area contributed by atoms with Crippen LogP contribution in [0, 0.1) is 5.92 Å². The molecular formula is C15H19NO3. The van der Waals surface area contributed by atoms with Crippen LogP contribution in [0.25, 0.3) is 0 Å². The minimum Gasteiger partial charge on any atom is -0.490 e. The van der Waals surface area contributed by atoms with E-state index < -0.39 is 6.10 Å². The Balaban J connectivity index is 1.69. The highest BCUT2D eigenvalue weighted by atomic mass is 16.5. The van der Waals surface area contributed by atoms with Crippen molar-refractivity contribution in [3.05, 3.63) is 29.3 Å². The zero-order valence-corrected chi connectivity index (χ0v) is 11.1. The van der Waals surface area contributed by atoms with Crippen molar-refractivity contribution < 1.29 is 14.6 Å². The van der Waals surface area contributed by atoms with Crippen LogP contribution in [-0.2, 0) is 4.79 Å². The zero-order valence-electron chi connectivity index (χ0n) is 11.1. The van der Waals surface area contributed by atoms with Gasteiger partial charge in [0.1, 0.15) is 18.5 Å². The van der Waals surface area contributed by atoms with Crippen LogP contribution in [0.3, 0.4) is 0 Å². The summed E-state index contributed by atoms with van der Waals surface area (Å²) in [5.41, 5.74) is 2.15. The van der Waals surface area contributed by atoms with Crippen LogP contribution < -0.4 is 10.1 Å². The van der Waals surface area contributed by atoms with E-state index in [1.165, 1.54) is 5.56 Å². The molecule has 1 aromatic rings. The van der Waals surface area contributed by atoms with Crippen molar-refractivity contribution in [2.75, 3.05) is 13.2 Å². The summed E-state index contributed by atoms with van der Waals surface area (Å²) in [6.45, 7) is 2.95. The molecule has 3 atom stereocenters. The number of aliphatic hydroxyl groups excluding tert-OH is 1. The smallest absolute Gasteiger partial charge is 0.219 e. The molecule has 1 amide bonds. The maximum atomic E-state index is 11.3. The zero-order chi connectivity index (χ0) is 13.4. The quantitative estimate of drug-likeness (QED) is 0.868. The fourth-order valence-electron chi connectivity index (χ4n) is 2.84. The summed E-state index contributed by atoms with van der Waals surface area (Å²) in [7, 11) is 0. The first kappa shape index (κ1) is 12.5. The number of carbonyl (C=O) groups is 1.